The van der Waals surface area contributed by atoms with Crippen molar-refractivity contribution in [1.29, 1.82) is 0 Å². The molecule has 0 aliphatic carbocycles. The second kappa shape index (κ2) is 7.44. The van der Waals surface area contributed by atoms with Gasteiger partial charge < -0.3 is 10.1 Å². The van der Waals surface area contributed by atoms with E-state index < -0.39 is 0 Å². The molecular weight excluding hydrogens is 339 g/mol. The molecular formula is C19H17FN2O2S. The molecule has 4 nitrogen and oxygen atoms in total. The molecule has 128 valence electrons. The maximum atomic E-state index is 12.9. The zero-order chi connectivity index (χ0) is 17.8. The van der Waals surface area contributed by atoms with Crippen molar-refractivity contribution in [3.8, 4) is 16.3 Å². The Balaban J connectivity index is 1.79. The molecule has 6 heteroatoms. The van der Waals surface area contributed by atoms with Gasteiger partial charge in [0.25, 0.3) is 5.91 Å². The van der Waals surface area contributed by atoms with Crippen LogP contribution in [0.5, 0.6) is 5.75 Å². The third kappa shape index (κ3) is 4.03. The summed E-state index contributed by atoms with van der Waals surface area (Å²) < 4.78 is 18.4. The van der Waals surface area contributed by atoms with E-state index in [1.165, 1.54) is 35.6 Å². The van der Waals surface area contributed by atoms with Crippen molar-refractivity contribution in [1.82, 2.24) is 4.98 Å². The summed E-state index contributed by atoms with van der Waals surface area (Å²) in [6, 6.07) is 13.3. The molecule has 0 atom stereocenters. The first-order valence-corrected chi connectivity index (χ1v) is 8.66. The molecule has 3 rings (SSSR count). The molecule has 0 unspecified atom stereocenters. The average Bonchev–Trinajstić information content (AvgIpc) is 3.00. The molecule has 3 aromatic rings. The third-order valence-electron chi connectivity index (χ3n) is 3.52. The van der Waals surface area contributed by atoms with Gasteiger partial charge in [0.2, 0.25) is 0 Å². The zero-order valence-corrected chi connectivity index (χ0v) is 14.7. The van der Waals surface area contributed by atoms with Crippen LogP contribution in [0.4, 0.5) is 10.1 Å². The Labute approximate surface area is 149 Å². The van der Waals surface area contributed by atoms with Gasteiger partial charge in [-0.25, -0.2) is 9.37 Å². The highest BCUT2D eigenvalue weighted by Crippen LogP contribution is 2.29. The van der Waals surface area contributed by atoms with Gasteiger partial charge in [0.05, 0.1) is 12.3 Å². The molecule has 0 radical (unpaired) electrons. The van der Waals surface area contributed by atoms with E-state index in [4.69, 9.17) is 4.74 Å². The van der Waals surface area contributed by atoms with Gasteiger partial charge in [-0.3, -0.25) is 4.79 Å². The lowest BCUT2D eigenvalue weighted by atomic mass is 10.2. The second-order valence-electron chi connectivity index (χ2n) is 5.35. The number of nitrogens with one attached hydrogen (secondary N) is 1. The number of aromatic nitrogens is 1. The maximum Gasteiger partial charge on any atom is 0.267 e. The predicted molar refractivity (Wildman–Crippen MR) is 97.8 cm³/mol. The third-order valence-corrected chi connectivity index (χ3v) is 4.72. The largest absolute Gasteiger partial charge is 0.494 e. The summed E-state index contributed by atoms with van der Waals surface area (Å²) in [5.41, 5.74) is 2.13. The van der Waals surface area contributed by atoms with Crippen LogP contribution in [0, 0.1) is 12.7 Å². The van der Waals surface area contributed by atoms with Crippen LogP contribution in [0.3, 0.4) is 0 Å². The van der Waals surface area contributed by atoms with Crippen molar-refractivity contribution in [2.75, 3.05) is 11.9 Å². The number of nitrogens with zero attached hydrogens (tertiary/aromatic N) is 1. The molecule has 0 fully saturated rings. The molecule has 0 aliphatic rings. The fourth-order valence-electron chi connectivity index (χ4n) is 2.31. The van der Waals surface area contributed by atoms with Gasteiger partial charge in [0.1, 0.15) is 21.5 Å². The number of hydrogen-bond acceptors (Lipinski definition) is 4. The van der Waals surface area contributed by atoms with Crippen molar-refractivity contribution in [3.05, 3.63) is 64.9 Å². The molecule has 0 aliphatic heterocycles. The zero-order valence-electron chi connectivity index (χ0n) is 13.9. The molecule has 1 N–H and O–H groups in total. The highest BCUT2D eigenvalue weighted by atomic mass is 32.1. The standard InChI is InChI=1S/C19H17FN2O2S/c1-3-24-16-10-4-13(5-11-16)19-21-12(2)17(25-19)18(23)22-15-8-6-14(20)7-9-15/h4-11H,3H2,1-2H3,(H,22,23). The van der Waals surface area contributed by atoms with E-state index in [1.54, 1.807) is 6.92 Å². The number of anilines is 1. The quantitative estimate of drug-likeness (QED) is 0.707. The van der Waals surface area contributed by atoms with Crippen LogP contribution < -0.4 is 10.1 Å². The number of hydrogen-bond donors (Lipinski definition) is 1. The van der Waals surface area contributed by atoms with Gasteiger partial charge in [0, 0.05) is 11.3 Å². The molecule has 1 amide bonds. The van der Waals surface area contributed by atoms with E-state index in [9.17, 15) is 9.18 Å². The van der Waals surface area contributed by atoms with Gasteiger partial charge in [0.15, 0.2) is 0 Å². The predicted octanol–water partition coefficient (Wildman–Crippen LogP) is 4.91. The van der Waals surface area contributed by atoms with Crippen LogP contribution in [0.15, 0.2) is 48.5 Å². The Morgan fingerprint density at radius 2 is 1.84 bits per heavy atom. The van der Waals surface area contributed by atoms with E-state index in [0.29, 0.717) is 22.9 Å². The Kier molecular flexibility index (Phi) is 5.09. The molecule has 0 spiro atoms. The number of carbonyl (C=O) groups excluding carboxylic acids is 1. The summed E-state index contributed by atoms with van der Waals surface area (Å²) in [7, 11) is 0. The molecule has 25 heavy (non-hydrogen) atoms. The van der Waals surface area contributed by atoms with Gasteiger partial charge in [-0.2, -0.15) is 0 Å². The fraction of sp³-hybridized carbons (Fsp3) is 0.158. The Hall–Kier alpha value is -2.73. The van der Waals surface area contributed by atoms with Gasteiger partial charge >= 0.3 is 0 Å². The first kappa shape index (κ1) is 17.1. The van der Waals surface area contributed by atoms with Crippen molar-refractivity contribution in [2.45, 2.75) is 13.8 Å². The second-order valence-corrected chi connectivity index (χ2v) is 6.35. The number of rotatable bonds is 5. The average molecular weight is 356 g/mol. The Morgan fingerprint density at radius 1 is 1.16 bits per heavy atom. The van der Waals surface area contributed by atoms with Crippen molar-refractivity contribution >= 4 is 22.9 Å². The van der Waals surface area contributed by atoms with Crippen LogP contribution in [-0.2, 0) is 0 Å². The van der Waals surface area contributed by atoms with Gasteiger partial charge in [-0.05, 0) is 62.4 Å². The topological polar surface area (TPSA) is 51.2 Å². The number of halogens is 1. The van der Waals surface area contributed by atoms with Gasteiger partial charge in [-0.1, -0.05) is 0 Å². The smallest absolute Gasteiger partial charge is 0.267 e. The maximum absolute atomic E-state index is 12.9. The summed E-state index contributed by atoms with van der Waals surface area (Å²) in [6.45, 7) is 4.35. The lowest BCUT2D eigenvalue weighted by molar-refractivity contribution is 0.103. The first-order chi connectivity index (χ1) is 12.1. The number of benzene rings is 2. The highest BCUT2D eigenvalue weighted by Gasteiger charge is 2.16. The van der Waals surface area contributed by atoms with E-state index in [-0.39, 0.29) is 11.7 Å². The van der Waals surface area contributed by atoms with Crippen LogP contribution in [0.25, 0.3) is 10.6 Å². The minimum Gasteiger partial charge on any atom is -0.494 e. The van der Waals surface area contributed by atoms with Crippen LogP contribution >= 0.6 is 11.3 Å². The summed E-state index contributed by atoms with van der Waals surface area (Å²) in [5, 5.41) is 3.53. The molecule has 0 saturated heterocycles. The normalized spacial score (nSPS) is 10.5. The lowest BCUT2D eigenvalue weighted by Gasteiger charge is -2.03. The van der Waals surface area contributed by atoms with E-state index in [1.807, 2.05) is 31.2 Å². The Bertz CT molecular complexity index is 873. The van der Waals surface area contributed by atoms with Crippen LogP contribution in [0.2, 0.25) is 0 Å². The molecule has 1 heterocycles. The van der Waals surface area contributed by atoms with Crippen LogP contribution in [0.1, 0.15) is 22.3 Å². The molecule has 0 bridgehead atoms. The minimum absolute atomic E-state index is 0.251. The number of thiazole rings is 1. The van der Waals surface area contributed by atoms with E-state index in [0.717, 1.165) is 16.3 Å². The number of aryl methyl sites for hydroxylation is 1. The number of carbonyl (C=O) groups is 1. The van der Waals surface area contributed by atoms with E-state index >= 15 is 0 Å². The van der Waals surface area contributed by atoms with E-state index in [2.05, 4.69) is 10.3 Å². The SMILES string of the molecule is CCOc1ccc(-c2nc(C)c(C(=O)Nc3ccc(F)cc3)s2)cc1. The van der Waals surface area contributed by atoms with Crippen LogP contribution in [-0.4, -0.2) is 17.5 Å². The number of ether oxygens (including phenoxy) is 1. The molecule has 2 aromatic carbocycles. The molecule has 0 saturated carbocycles. The first-order valence-electron chi connectivity index (χ1n) is 7.84. The fourth-order valence-corrected chi connectivity index (χ4v) is 3.28. The van der Waals surface area contributed by atoms with Crippen molar-refractivity contribution in [2.24, 2.45) is 0 Å². The number of amides is 1. The highest BCUT2D eigenvalue weighted by molar-refractivity contribution is 7.17. The lowest BCUT2D eigenvalue weighted by Crippen LogP contribution is -2.11. The monoisotopic (exact) mass is 356 g/mol. The van der Waals surface area contributed by atoms with Crippen molar-refractivity contribution < 1.29 is 13.9 Å². The minimum atomic E-state index is -0.343. The molecule has 1 aromatic heterocycles. The summed E-state index contributed by atoms with van der Waals surface area (Å²) in [4.78, 5) is 17.5. The Morgan fingerprint density at radius 3 is 2.48 bits per heavy atom. The van der Waals surface area contributed by atoms with Crippen molar-refractivity contribution in [3.63, 3.8) is 0 Å². The van der Waals surface area contributed by atoms with Gasteiger partial charge in [-0.15, -0.1) is 11.3 Å². The summed E-state index contributed by atoms with van der Waals surface area (Å²) in [5.74, 6) is 0.206. The summed E-state index contributed by atoms with van der Waals surface area (Å²) >= 11 is 1.32. The summed E-state index contributed by atoms with van der Waals surface area (Å²) in [6.07, 6.45) is 0.